The van der Waals surface area contributed by atoms with Crippen LogP contribution in [0.4, 0.5) is 0 Å². The molecular formula is C28H28N4O4S2. The number of methoxy groups -OCH3 is 2. The van der Waals surface area contributed by atoms with Crippen molar-refractivity contribution in [3.8, 4) is 17.2 Å². The standard InChI is InChI=1S/C28H28N4O4S2/c1-17-11-13-19(14-12-17)32-27(34)24-20-8-4-5-10-22(20)38-26(24)30-28(32)37-16-23(33)31-29-15-18-7-6-9-21(35-2)25(18)36-3/h6-7,9,11-15H,4-5,8,10,16H2,1-3H3,(H,31,33)/b29-15-. The van der Waals surface area contributed by atoms with Crippen molar-refractivity contribution in [3.05, 3.63) is 74.4 Å². The van der Waals surface area contributed by atoms with E-state index in [1.54, 1.807) is 36.2 Å². The molecule has 0 spiro atoms. The Morgan fingerprint density at radius 3 is 2.71 bits per heavy atom. The number of nitrogens with one attached hydrogen (secondary N) is 1. The molecule has 8 nitrogen and oxygen atoms in total. The number of carbonyl (C=O) groups excluding carboxylic acids is 1. The molecule has 1 aliphatic rings. The van der Waals surface area contributed by atoms with Crippen molar-refractivity contribution in [1.82, 2.24) is 15.0 Å². The molecule has 196 valence electrons. The largest absolute Gasteiger partial charge is 0.493 e. The molecular weight excluding hydrogens is 520 g/mol. The number of hydrogen-bond acceptors (Lipinski definition) is 8. The lowest BCUT2D eigenvalue weighted by Crippen LogP contribution is -2.24. The van der Waals surface area contributed by atoms with Gasteiger partial charge in [-0.2, -0.15) is 5.10 Å². The molecule has 10 heteroatoms. The summed E-state index contributed by atoms with van der Waals surface area (Å²) in [5.74, 6) is 0.828. The van der Waals surface area contributed by atoms with E-state index in [-0.39, 0.29) is 17.2 Å². The molecule has 2 aromatic heterocycles. The minimum Gasteiger partial charge on any atom is -0.493 e. The van der Waals surface area contributed by atoms with Crippen LogP contribution in [0.3, 0.4) is 0 Å². The Balaban J connectivity index is 1.40. The summed E-state index contributed by atoms with van der Waals surface area (Å²) in [6.45, 7) is 2.00. The highest BCUT2D eigenvalue weighted by Crippen LogP contribution is 2.35. The molecule has 0 aliphatic heterocycles. The number of aryl methyl sites for hydroxylation is 3. The second kappa shape index (κ2) is 11.4. The molecule has 1 aliphatic carbocycles. The van der Waals surface area contributed by atoms with Gasteiger partial charge in [-0.25, -0.2) is 10.4 Å². The number of fused-ring (bicyclic) bond motifs is 3. The number of hydrazone groups is 1. The van der Waals surface area contributed by atoms with Crippen LogP contribution in [0.5, 0.6) is 11.5 Å². The molecule has 0 saturated carbocycles. The number of ether oxygens (including phenoxy) is 2. The molecule has 2 aromatic carbocycles. The summed E-state index contributed by atoms with van der Waals surface area (Å²) in [4.78, 5) is 33.4. The molecule has 5 rings (SSSR count). The third-order valence-corrected chi connectivity index (χ3v) is 8.53. The van der Waals surface area contributed by atoms with Gasteiger partial charge in [-0.15, -0.1) is 11.3 Å². The van der Waals surface area contributed by atoms with Gasteiger partial charge in [0, 0.05) is 10.4 Å². The van der Waals surface area contributed by atoms with Crippen LogP contribution in [0.2, 0.25) is 0 Å². The SMILES string of the molecule is COc1cccc(/C=N\NC(=O)CSc2nc3sc4c(c3c(=O)n2-c2ccc(C)cc2)CCCC4)c1OC. The Labute approximate surface area is 228 Å². The van der Waals surface area contributed by atoms with Crippen LogP contribution in [0.1, 0.15) is 34.4 Å². The molecule has 4 aromatic rings. The van der Waals surface area contributed by atoms with E-state index in [1.165, 1.54) is 22.9 Å². The van der Waals surface area contributed by atoms with Crippen LogP contribution in [-0.4, -0.2) is 41.6 Å². The van der Waals surface area contributed by atoms with Crippen LogP contribution in [-0.2, 0) is 17.6 Å². The summed E-state index contributed by atoms with van der Waals surface area (Å²) < 4.78 is 12.3. The molecule has 0 unspecified atom stereocenters. The van der Waals surface area contributed by atoms with Crippen molar-refractivity contribution >= 4 is 45.4 Å². The van der Waals surface area contributed by atoms with Gasteiger partial charge in [0.2, 0.25) is 0 Å². The number of carbonyl (C=O) groups is 1. The Morgan fingerprint density at radius 1 is 1.16 bits per heavy atom. The van der Waals surface area contributed by atoms with E-state index in [9.17, 15) is 9.59 Å². The normalized spacial score (nSPS) is 13.0. The lowest BCUT2D eigenvalue weighted by Gasteiger charge is -2.13. The van der Waals surface area contributed by atoms with Crippen molar-refractivity contribution in [2.75, 3.05) is 20.0 Å². The average Bonchev–Trinajstić information content (AvgIpc) is 3.31. The van der Waals surface area contributed by atoms with Crippen LogP contribution in [0.25, 0.3) is 15.9 Å². The van der Waals surface area contributed by atoms with E-state index in [1.807, 2.05) is 43.3 Å². The average molecular weight is 549 g/mol. The highest BCUT2D eigenvalue weighted by atomic mass is 32.2. The predicted molar refractivity (Wildman–Crippen MR) is 153 cm³/mol. The van der Waals surface area contributed by atoms with Gasteiger partial charge in [0.1, 0.15) is 4.83 Å². The number of aromatic nitrogens is 2. The van der Waals surface area contributed by atoms with Gasteiger partial charge in [-0.05, 0) is 62.4 Å². The third-order valence-electron chi connectivity index (χ3n) is 6.41. The number of thioether (sulfide) groups is 1. The molecule has 1 N–H and O–H groups in total. The summed E-state index contributed by atoms with van der Waals surface area (Å²) in [6, 6.07) is 13.2. The summed E-state index contributed by atoms with van der Waals surface area (Å²) >= 11 is 2.82. The van der Waals surface area contributed by atoms with Crippen molar-refractivity contribution in [2.24, 2.45) is 5.10 Å². The smallest absolute Gasteiger partial charge is 0.267 e. The maximum atomic E-state index is 13.8. The Bertz CT molecular complexity index is 1570. The highest BCUT2D eigenvalue weighted by Gasteiger charge is 2.23. The second-order valence-electron chi connectivity index (χ2n) is 8.93. The van der Waals surface area contributed by atoms with Gasteiger partial charge in [-0.3, -0.25) is 14.2 Å². The highest BCUT2D eigenvalue weighted by molar-refractivity contribution is 7.99. The topological polar surface area (TPSA) is 94.8 Å². The fourth-order valence-electron chi connectivity index (χ4n) is 4.55. The Morgan fingerprint density at radius 2 is 1.95 bits per heavy atom. The number of hydrogen-bond donors (Lipinski definition) is 1. The van der Waals surface area contributed by atoms with Crippen LogP contribution < -0.4 is 20.5 Å². The van der Waals surface area contributed by atoms with Gasteiger partial charge in [0.25, 0.3) is 11.5 Å². The van der Waals surface area contributed by atoms with E-state index in [0.717, 1.165) is 52.7 Å². The van der Waals surface area contributed by atoms with Crippen molar-refractivity contribution in [1.29, 1.82) is 0 Å². The third kappa shape index (κ3) is 5.19. The molecule has 0 bridgehead atoms. The van der Waals surface area contributed by atoms with Crippen LogP contribution >= 0.6 is 23.1 Å². The summed E-state index contributed by atoms with van der Waals surface area (Å²) in [6.07, 6.45) is 5.62. The Kier molecular flexibility index (Phi) is 7.80. The number of amides is 1. The zero-order valence-corrected chi connectivity index (χ0v) is 23.1. The Hall–Kier alpha value is -3.63. The van der Waals surface area contributed by atoms with E-state index in [4.69, 9.17) is 14.5 Å². The predicted octanol–water partition coefficient (Wildman–Crippen LogP) is 4.89. The van der Waals surface area contributed by atoms with E-state index in [0.29, 0.717) is 22.2 Å². The van der Waals surface area contributed by atoms with Crippen molar-refractivity contribution in [3.63, 3.8) is 0 Å². The number of thiophene rings is 1. The molecule has 0 radical (unpaired) electrons. The molecule has 1 amide bonds. The summed E-state index contributed by atoms with van der Waals surface area (Å²) in [5, 5.41) is 5.28. The first-order chi connectivity index (χ1) is 18.5. The molecule has 0 fully saturated rings. The quantitative estimate of drug-likeness (QED) is 0.146. The zero-order valence-electron chi connectivity index (χ0n) is 21.4. The minimum absolute atomic E-state index is 0.0431. The fraction of sp³-hybridized carbons (Fsp3) is 0.286. The zero-order chi connectivity index (χ0) is 26.6. The van der Waals surface area contributed by atoms with Gasteiger partial charge in [0.15, 0.2) is 16.7 Å². The van der Waals surface area contributed by atoms with Gasteiger partial charge >= 0.3 is 0 Å². The lowest BCUT2D eigenvalue weighted by molar-refractivity contribution is -0.118. The van der Waals surface area contributed by atoms with Crippen LogP contribution in [0.15, 0.2) is 57.5 Å². The molecule has 0 atom stereocenters. The van der Waals surface area contributed by atoms with E-state index in [2.05, 4.69) is 10.5 Å². The fourth-order valence-corrected chi connectivity index (χ4v) is 6.66. The maximum Gasteiger partial charge on any atom is 0.267 e. The minimum atomic E-state index is -0.316. The molecule has 38 heavy (non-hydrogen) atoms. The summed E-state index contributed by atoms with van der Waals surface area (Å²) in [7, 11) is 3.11. The van der Waals surface area contributed by atoms with Crippen LogP contribution in [0, 0.1) is 6.92 Å². The number of para-hydroxylation sites is 1. The summed E-state index contributed by atoms with van der Waals surface area (Å²) in [5.41, 5.74) is 6.12. The van der Waals surface area contributed by atoms with Crippen molar-refractivity contribution in [2.45, 2.75) is 37.8 Å². The number of nitrogens with zero attached hydrogens (tertiary/aromatic N) is 3. The monoisotopic (exact) mass is 548 g/mol. The molecule has 2 heterocycles. The maximum absolute atomic E-state index is 13.8. The lowest BCUT2D eigenvalue weighted by atomic mass is 9.97. The van der Waals surface area contributed by atoms with Gasteiger partial charge < -0.3 is 9.47 Å². The first-order valence-corrected chi connectivity index (χ1v) is 14.1. The first kappa shape index (κ1) is 26.0. The first-order valence-electron chi connectivity index (χ1n) is 12.3. The second-order valence-corrected chi connectivity index (χ2v) is 11.0. The van der Waals surface area contributed by atoms with E-state index < -0.39 is 0 Å². The molecule has 0 saturated heterocycles. The number of rotatable bonds is 8. The van der Waals surface area contributed by atoms with E-state index >= 15 is 0 Å². The van der Waals surface area contributed by atoms with Crippen molar-refractivity contribution < 1.29 is 14.3 Å². The van der Waals surface area contributed by atoms with Gasteiger partial charge in [0.05, 0.1) is 37.3 Å². The number of benzene rings is 2. The van der Waals surface area contributed by atoms with Gasteiger partial charge in [-0.1, -0.05) is 35.5 Å².